The van der Waals surface area contributed by atoms with Gasteiger partial charge in [0.2, 0.25) is 10.0 Å². The van der Waals surface area contributed by atoms with Crippen molar-refractivity contribution in [2.75, 3.05) is 6.54 Å². The third kappa shape index (κ3) is 3.19. The van der Waals surface area contributed by atoms with Crippen LogP contribution >= 0.6 is 0 Å². The predicted molar refractivity (Wildman–Crippen MR) is 78.0 cm³/mol. The number of nitrogens with one attached hydrogen (secondary N) is 1. The summed E-state index contributed by atoms with van der Waals surface area (Å²) in [7, 11) is -3.50. The fourth-order valence-electron chi connectivity index (χ4n) is 2.08. The SMILES string of the molecule is CCC(CC)CNS(=O)(=O)c1ccc2nc(C)oc2c1. The number of sulfonamides is 1. The van der Waals surface area contributed by atoms with Gasteiger partial charge in [0.05, 0.1) is 4.90 Å². The Morgan fingerprint density at radius 3 is 2.65 bits per heavy atom. The normalized spacial score (nSPS) is 12.4. The molecule has 1 aromatic heterocycles. The van der Waals surface area contributed by atoms with Gasteiger partial charge in [0, 0.05) is 19.5 Å². The number of oxazole rings is 1. The van der Waals surface area contributed by atoms with E-state index in [1.807, 2.05) is 0 Å². The van der Waals surface area contributed by atoms with Gasteiger partial charge in [-0.2, -0.15) is 0 Å². The Morgan fingerprint density at radius 2 is 2.00 bits per heavy atom. The van der Waals surface area contributed by atoms with Crippen LogP contribution in [0.5, 0.6) is 0 Å². The van der Waals surface area contributed by atoms with Crippen LogP contribution in [0.1, 0.15) is 32.6 Å². The largest absolute Gasteiger partial charge is 0.441 e. The Hall–Kier alpha value is -1.40. The Balaban J connectivity index is 2.22. The van der Waals surface area contributed by atoms with Gasteiger partial charge in [-0.1, -0.05) is 26.7 Å². The second kappa shape index (κ2) is 5.93. The number of nitrogens with zero attached hydrogens (tertiary/aromatic N) is 1. The van der Waals surface area contributed by atoms with Gasteiger partial charge >= 0.3 is 0 Å². The molecule has 0 atom stereocenters. The van der Waals surface area contributed by atoms with Gasteiger partial charge in [-0.15, -0.1) is 0 Å². The summed E-state index contributed by atoms with van der Waals surface area (Å²) >= 11 is 0. The number of fused-ring (bicyclic) bond motifs is 1. The molecule has 2 rings (SSSR count). The minimum atomic E-state index is -3.50. The smallest absolute Gasteiger partial charge is 0.240 e. The molecule has 0 amide bonds. The molecule has 1 heterocycles. The second-order valence-corrected chi connectivity index (χ2v) is 6.66. The summed E-state index contributed by atoms with van der Waals surface area (Å²) in [5, 5.41) is 0. The molecular formula is C14H20N2O3S. The first kappa shape index (κ1) is 15.0. The summed E-state index contributed by atoms with van der Waals surface area (Å²) in [6, 6.07) is 4.74. The van der Waals surface area contributed by atoms with Crippen molar-refractivity contribution in [1.29, 1.82) is 0 Å². The molecular weight excluding hydrogens is 276 g/mol. The van der Waals surface area contributed by atoms with E-state index in [1.165, 1.54) is 6.07 Å². The number of aromatic nitrogens is 1. The van der Waals surface area contributed by atoms with Gasteiger partial charge in [-0.3, -0.25) is 0 Å². The highest BCUT2D eigenvalue weighted by atomic mass is 32.2. The van der Waals surface area contributed by atoms with Crippen molar-refractivity contribution in [3.8, 4) is 0 Å². The molecule has 5 nitrogen and oxygen atoms in total. The van der Waals surface area contributed by atoms with E-state index in [9.17, 15) is 8.42 Å². The van der Waals surface area contributed by atoms with E-state index in [2.05, 4.69) is 23.6 Å². The molecule has 0 bridgehead atoms. The van der Waals surface area contributed by atoms with Crippen LogP contribution in [0.2, 0.25) is 0 Å². The van der Waals surface area contributed by atoms with Crippen molar-refractivity contribution in [2.24, 2.45) is 5.92 Å². The standard InChI is InChI=1S/C14H20N2O3S/c1-4-11(5-2)9-15-20(17,18)12-6-7-13-14(8-12)19-10(3)16-13/h6-8,11,15H,4-5,9H2,1-3H3. The first-order chi connectivity index (χ1) is 9.46. The number of benzene rings is 1. The minimum Gasteiger partial charge on any atom is -0.441 e. The summed E-state index contributed by atoms with van der Waals surface area (Å²) < 4.78 is 32.5. The van der Waals surface area contributed by atoms with Gasteiger partial charge in [0.1, 0.15) is 5.52 Å². The molecule has 0 aliphatic heterocycles. The number of hydrogen-bond acceptors (Lipinski definition) is 4. The van der Waals surface area contributed by atoms with Crippen LogP contribution in [0.3, 0.4) is 0 Å². The van der Waals surface area contributed by atoms with Gasteiger partial charge in [-0.25, -0.2) is 18.1 Å². The van der Waals surface area contributed by atoms with Crippen LogP contribution in [0.15, 0.2) is 27.5 Å². The van der Waals surface area contributed by atoms with E-state index in [0.717, 1.165) is 12.8 Å². The van der Waals surface area contributed by atoms with E-state index in [0.29, 0.717) is 29.5 Å². The van der Waals surface area contributed by atoms with Crippen LogP contribution in [0.4, 0.5) is 0 Å². The molecule has 20 heavy (non-hydrogen) atoms. The zero-order valence-corrected chi connectivity index (χ0v) is 12.8. The molecule has 0 fully saturated rings. The monoisotopic (exact) mass is 296 g/mol. The fraction of sp³-hybridized carbons (Fsp3) is 0.500. The van der Waals surface area contributed by atoms with Gasteiger partial charge in [0.25, 0.3) is 0 Å². The van der Waals surface area contributed by atoms with Crippen LogP contribution in [0, 0.1) is 12.8 Å². The fourth-order valence-corrected chi connectivity index (χ4v) is 3.21. The Kier molecular flexibility index (Phi) is 4.45. The maximum Gasteiger partial charge on any atom is 0.240 e. The lowest BCUT2D eigenvalue weighted by molar-refractivity contribution is 0.479. The first-order valence-corrected chi connectivity index (χ1v) is 8.31. The van der Waals surface area contributed by atoms with Gasteiger partial charge in [-0.05, 0) is 18.1 Å². The van der Waals surface area contributed by atoms with Gasteiger partial charge in [0.15, 0.2) is 11.5 Å². The van der Waals surface area contributed by atoms with Crippen LogP contribution in [-0.2, 0) is 10.0 Å². The van der Waals surface area contributed by atoms with Crippen molar-refractivity contribution >= 4 is 21.1 Å². The Morgan fingerprint density at radius 1 is 1.30 bits per heavy atom. The van der Waals surface area contributed by atoms with Crippen LogP contribution in [0.25, 0.3) is 11.1 Å². The average molecular weight is 296 g/mol. The maximum atomic E-state index is 12.2. The molecule has 1 aromatic carbocycles. The van der Waals surface area contributed by atoms with Crippen molar-refractivity contribution in [1.82, 2.24) is 9.71 Å². The third-order valence-corrected chi connectivity index (χ3v) is 4.92. The van der Waals surface area contributed by atoms with E-state index in [-0.39, 0.29) is 4.90 Å². The van der Waals surface area contributed by atoms with E-state index in [1.54, 1.807) is 19.1 Å². The maximum absolute atomic E-state index is 12.2. The molecule has 1 N–H and O–H groups in total. The highest BCUT2D eigenvalue weighted by molar-refractivity contribution is 7.89. The van der Waals surface area contributed by atoms with E-state index >= 15 is 0 Å². The summed E-state index contributed by atoms with van der Waals surface area (Å²) in [6.07, 6.45) is 1.92. The van der Waals surface area contributed by atoms with Crippen molar-refractivity contribution in [3.63, 3.8) is 0 Å². The molecule has 0 spiro atoms. The molecule has 0 aliphatic rings. The second-order valence-electron chi connectivity index (χ2n) is 4.90. The summed E-state index contributed by atoms with van der Waals surface area (Å²) in [6.45, 7) is 6.32. The highest BCUT2D eigenvalue weighted by Gasteiger charge is 2.17. The predicted octanol–water partition coefficient (Wildman–Crippen LogP) is 2.85. The van der Waals surface area contributed by atoms with Crippen molar-refractivity contribution in [3.05, 3.63) is 24.1 Å². The van der Waals surface area contributed by atoms with E-state index in [4.69, 9.17) is 4.42 Å². The minimum absolute atomic E-state index is 0.215. The van der Waals surface area contributed by atoms with Crippen LogP contribution < -0.4 is 4.72 Å². The highest BCUT2D eigenvalue weighted by Crippen LogP contribution is 2.20. The molecule has 110 valence electrons. The summed E-state index contributed by atoms with van der Waals surface area (Å²) in [5.74, 6) is 0.889. The zero-order valence-electron chi connectivity index (χ0n) is 12.0. The average Bonchev–Trinajstić information content (AvgIpc) is 2.78. The lowest BCUT2D eigenvalue weighted by Crippen LogP contribution is -2.29. The topological polar surface area (TPSA) is 72.2 Å². The summed E-state index contributed by atoms with van der Waals surface area (Å²) in [5.41, 5.74) is 1.16. The lowest BCUT2D eigenvalue weighted by atomic mass is 10.0. The van der Waals surface area contributed by atoms with Crippen molar-refractivity contribution < 1.29 is 12.8 Å². The first-order valence-electron chi connectivity index (χ1n) is 6.83. The molecule has 2 aromatic rings. The Labute approximate surface area is 119 Å². The number of hydrogen-bond donors (Lipinski definition) is 1. The molecule has 0 radical (unpaired) electrons. The lowest BCUT2D eigenvalue weighted by Gasteiger charge is -2.13. The number of rotatable bonds is 6. The van der Waals surface area contributed by atoms with Gasteiger partial charge < -0.3 is 4.42 Å². The van der Waals surface area contributed by atoms with Crippen LogP contribution in [-0.4, -0.2) is 19.9 Å². The van der Waals surface area contributed by atoms with Crippen molar-refractivity contribution in [2.45, 2.75) is 38.5 Å². The molecule has 0 unspecified atom stereocenters. The molecule has 0 saturated carbocycles. The summed E-state index contributed by atoms with van der Waals surface area (Å²) in [4.78, 5) is 4.37. The third-order valence-electron chi connectivity index (χ3n) is 3.49. The number of aryl methyl sites for hydroxylation is 1. The quantitative estimate of drug-likeness (QED) is 0.889. The van der Waals surface area contributed by atoms with E-state index < -0.39 is 10.0 Å². The zero-order chi connectivity index (χ0) is 14.8. The molecule has 0 aliphatic carbocycles. The molecule has 6 heteroatoms. The molecule has 0 saturated heterocycles. The Bertz CT molecular complexity index is 688.